The SMILES string of the molecule is CC(=O)[C@@H](C)CCCCNC(=O)CCCCCCCCCCCCCCCCC(=O)c1ccc(B(O)O)c(F)c1F. The van der Waals surface area contributed by atoms with Crippen LogP contribution in [0.3, 0.4) is 0 Å². The summed E-state index contributed by atoms with van der Waals surface area (Å²) in [6.45, 7) is 4.29. The molecule has 0 aliphatic heterocycles. The molecule has 0 unspecified atom stereocenters. The lowest BCUT2D eigenvalue weighted by molar-refractivity contribution is -0.122. The van der Waals surface area contributed by atoms with Crippen LogP contribution in [-0.2, 0) is 9.59 Å². The summed E-state index contributed by atoms with van der Waals surface area (Å²) in [7, 11) is -2.12. The molecule has 41 heavy (non-hydrogen) atoms. The van der Waals surface area contributed by atoms with Crippen molar-refractivity contribution in [2.24, 2.45) is 5.92 Å². The molecule has 0 spiro atoms. The summed E-state index contributed by atoms with van der Waals surface area (Å²) in [6.07, 6.45) is 18.9. The highest BCUT2D eigenvalue weighted by Gasteiger charge is 2.23. The van der Waals surface area contributed by atoms with Crippen LogP contribution in [0.15, 0.2) is 12.1 Å². The van der Waals surface area contributed by atoms with Gasteiger partial charge >= 0.3 is 7.12 Å². The number of hydrogen-bond acceptors (Lipinski definition) is 5. The van der Waals surface area contributed by atoms with Crippen molar-refractivity contribution in [2.45, 2.75) is 136 Å². The normalized spacial score (nSPS) is 11.9. The van der Waals surface area contributed by atoms with Gasteiger partial charge < -0.3 is 15.4 Å². The summed E-state index contributed by atoms with van der Waals surface area (Å²) < 4.78 is 27.9. The Bertz CT molecular complexity index is 912. The molecule has 1 aromatic carbocycles. The summed E-state index contributed by atoms with van der Waals surface area (Å²) in [5.41, 5.74) is -0.914. The minimum Gasteiger partial charge on any atom is -0.423 e. The molecular formula is C32H52BF2NO5. The molecule has 9 heteroatoms. The molecule has 1 aromatic rings. The van der Waals surface area contributed by atoms with Gasteiger partial charge in [-0.1, -0.05) is 96.5 Å². The third-order valence-corrected chi connectivity index (χ3v) is 7.83. The molecule has 0 aliphatic rings. The first-order chi connectivity index (χ1) is 19.6. The van der Waals surface area contributed by atoms with E-state index in [4.69, 9.17) is 10.0 Å². The fourth-order valence-corrected chi connectivity index (χ4v) is 4.90. The second-order valence-electron chi connectivity index (χ2n) is 11.4. The van der Waals surface area contributed by atoms with Gasteiger partial charge in [0.05, 0.1) is 5.56 Å². The fraction of sp³-hybridized carbons (Fsp3) is 0.719. The van der Waals surface area contributed by atoms with Gasteiger partial charge in [-0.2, -0.15) is 0 Å². The Kier molecular flexibility index (Phi) is 20.2. The fourth-order valence-electron chi connectivity index (χ4n) is 4.90. The quantitative estimate of drug-likeness (QED) is 0.0690. The minimum atomic E-state index is -2.12. The number of rotatable bonds is 25. The number of ketones is 2. The second-order valence-corrected chi connectivity index (χ2v) is 11.4. The Labute approximate surface area is 246 Å². The largest absolute Gasteiger partial charge is 0.491 e. The topological polar surface area (TPSA) is 104 Å². The molecule has 0 heterocycles. The monoisotopic (exact) mass is 579 g/mol. The van der Waals surface area contributed by atoms with E-state index in [2.05, 4.69) is 5.32 Å². The Balaban J connectivity index is 1.88. The molecule has 0 radical (unpaired) electrons. The van der Waals surface area contributed by atoms with Crippen LogP contribution in [0, 0.1) is 17.6 Å². The van der Waals surface area contributed by atoms with Crippen LogP contribution >= 0.6 is 0 Å². The number of carbonyl (C=O) groups is 3. The molecule has 0 saturated heterocycles. The number of hydrogen-bond donors (Lipinski definition) is 3. The second kappa shape index (κ2) is 22.5. The third kappa shape index (κ3) is 16.8. The number of amides is 1. The molecule has 0 fully saturated rings. The maximum atomic E-state index is 14.0. The Hall–Kier alpha value is -2.13. The van der Waals surface area contributed by atoms with E-state index < -0.39 is 30.0 Å². The van der Waals surface area contributed by atoms with Crippen molar-refractivity contribution >= 4 is 30.1 Å². The van der Waals surface area contributed by atoms with Crippen molar-refractivity contribution in [1.82, 2.24) is 5.32 Å². The van der Waals surface area contributed by atoms with Crippen LogP contribution in [0.25, 0.3) is 0 Å². The van der Waals surface area contributed by atoms with Crippen LogP contribution < -0.4 is 10.8 Å². The van der Waals surface area contributed by atoms with Gasteiger partial charge in [0.15, 0.2) is 17.4 Å². The van der Waals surface area contributed by atoms with Gasteiger partial charge in [-0.15, -0.1) is 0 Å². The van der Waals surface area contributed by atoms with E-state index in [1.54, 1.807) is 6.92 Å². The molecule has 0 aromatic heterocycles. The minimum absolute atomic E-state index is 0.118. The lowest BCUT2D eigenvalue weighted by atomic mass is 9.79. The summed E-state index contributed by atoms with van der Waals surface area (Å²) in [5.74, 6) is -2.68. The van der Waals surface area contributed by atoms with Crippen LogP contribution in [-0.4, -0.2) is 41.2 Å². The van der Waals surface area contributed by atoms with Gasteiger partial charge in [0.2, 0.25) is 5.91 Å². The molecule has 3 N–H and O–H groups in total. The van der Waals surface area contributed by atoms with Crippen LogP contribution in [0.4, 0.5) is 8.78 Å². The third-order valence-electron chi connectivity index (χ3n) is 7.83. The predicted octanol–water partition coefficient (Wildman–Crippen LogP) is 6.58. The number of Topliss-reactive ketones (excluding diaryl/α,β-unsaturated/α-hetero) is 2. The van der Waals surface area contributed by atoms with Crippen molar-refractivity contribution in [2.75, 3.05) is 6.54 Å². The molecule has 1 amide bonds. The number of nitrogens with one attached hydrogen (secondary N) is 1. The first-order valence-electron chi connectivity index (χ1n) is 15.8. The number of benzene rings is 1. The van der Waals surface area contributed by atoms with E-state index in [9.17, 15) is 23.2 Å². The van der Waals surface area contributed by atoms with Crippen molar-refractivity contribution in [3.05, 3.63) is 29.3 Å². The predicted molar refractivity (Wildman–Crippen MR) is 161 cm³/mol. The van der Waals surface area contributed by atoms with E-state index >= 15 is 0 Å². The van der Waals surface area contributed by atoms with E-state index in [0.717, 1.165) is 63.5 Å². The Morgan fingerprint density at radius 2 is 1.22 bits per heavy atom. The lowest BCUT2D eigenvalue weighted by Gasteiger charge is -2.08. The zero-order valence-electron chi connectivity index (χ0n) is 25.3. The van der Waals surface area contributed by atoms with Crippen LogP contribution in [0.2, 0.25) is 0 Å². The smallest absolute Gasteiger partial charge is 0.423 e. The van der Waals surface area contributed by atoms with Gasteiger partial charge in [0, 0.05) is 30.8 Å². The maximum absolute atomic E-state index is 14.0. The Morgan fingerprint density at radius 3 is 1.71 bits per heavy atom. The van der Waals surface area contributed by atoms with E-state index in [0.29, 0.717) is 19.4 Å². The summed E-state index contributed by atoms with van der Waals surface area (Å²) in [5, 5.41) is 21.0. The summed E-state index contributed by atoms with van der Waals surface area (Å²) in [6, 6.07) is 2.15. The highest BCUT2D eigenvalue weighted by atomic mass is 19.2. The zero-order valence-corrected chi connectivity index (χ0v) is 25.3. The van der Waals surface area contributed by atoms with Crippen molar-refractivity contribution in [3.8, 4) is 0 Å². The molecular weight excluding hydrogens is 527 g/mol. The van der Waals surface area contributed by atoms with Gasteiger partial charge in [-0.25, -0.2) is 8.78 Å². The number of carbonyl (C=O) groups excluding carboxylic acids is 3. The van der Waals surface area contributed by atoms with Crippen molar-refractivity contribution in [1.29, 1.82) is 0 Å². The molecule has 1 atom stereocenters. The van der Waals surface area contributed by atoms with Gasteiger partial charge in [0.25, 0.3) is 0 Å². The van der Waals surface area contributed by atoms with Gasteiger partial charge in [-0.05, 0) is 38.7 Å². The Morgan fingerprint density at radius 1 is 0.732 bits per heavy atom. The average molecular weight is 580 g/mol. The van der Waals surface area contributed by atoms with Crippen LogP contribution in [0.1, 0.15) is 146 Å². The first-order valence-corrected chi connectivity index (χ1v) is 15.8. The van der Waals surface area contributed by atoms with E-state index in [1.165, 1.54) is 51.4 Å². The standard InChI is InChI=1S/C32H52BF2NO5/c1-25(26(2)37)19-17-18-24-36-30(39)21-16-14-12-10-8-6-4-3-5-7-9-11-13-15-20-29(38)27-22-23-28(33(40)41)32(35)31(27)34/h22-23,25,40-41H,3-21,24H2,1-2H3,(H,36,39)/t25-/m0/s1. The molecule has 0 aliphatic carbocycles. The number of unbranched alkanes of at least 4 members (excludes halogenated alkanes) is 14. The highest BCUT2D eigenvalue weighted by molar-refractivity contribution is 6.58. The van der Waals surface area contributed by atoms with Gasteiger partial charge in [-0.3, -0.25) is 14.4 Å². The molecule has 1 rings (SSSR count). The van der Waals surface area contributed by atoms with Gasteiger partial charge in [0.1, 0.15) is 5.78 Å². The van der Waals surface area contributed by atoms with Crippen molar-refractivity contribution in [3.63, 3.8) is 0 Å². The van der Waals surface area contributed by atoms with E-state index in [1.807, 2.05) is 6.92 Å². The van der Waals surface area contributed by atoms with Crippen molar-refractivity contribution < 1.29 is 33.2 Å². The van der Waals surface area contributed by atoms with Crippen LogP contribution in [0.5, 0.6) is 0 Å². The van der Waals surface area contributed by atoms with E-state index in [-0.39, 0.29) is 29.6 Å². The highest BCUT2D eigenvalue weighted by Crippen LogP contribution is 2.17. The molecule has 0 saturated carbocycles. The average Bonchev–Trinajstić information content (AvgIpc) is 2.93. The summed E-state index contributed by atoms with van der Waals surface area (Å²) >= 11 is 0. The summed E-state index contributed by atoms with van der Waals surface area (Å²) in [4.78, 5) is 35.3. The molecule has 0 bridgehead atoms. The number of halogens is 2. The lowest BCUT2D eigenvalue weighted by Crippen LogP contribution is -2.34. The first kappa shape index (κ1) is 36.9. The molecule has 6 nitrogen and oxygen atoms in total. The molecule has 232 valence electrons. The maximum Gasteiger partial charge on any atom is 0.491 e. The zero-order chi connectivity index (χ0) is 30.5.